The largest absolute Gasteiger partial charge is 0.368 e. The van der Waals surface area contributed by atoms with Crippen molar-refractivity contribution < 1.29 is 19.2 Å². The van der Waals surface area contributed by atoms with Crippen molar-refractivity contribution in [2.75, 3.05) is 5.75 Å². The third kappa shape index (κ3) is 6.57. The number of amides is 2. The van der Waals surface area contributed by atoms with Gasteiger partial charge in [-0.3, -0.25) is 19.2 Å². The quantitative estimate of drug-likeness (QED) is 0.616. The number of benzene rings is 2. The predicted octanol–water partition coefficient (Wildman–Crippen LogP) is 2.66. The first-order valence-corrected chi connectivity index (χ1v) is 10.2. The molecular formula is C22H24N2O4S. The molecule has 2 amide bonds. The molecule has 7 heteroatoms. The minimum Gasteiger partial charge on any atom is -0.368 e. The first-order valence-electron chi connectivity index (χ1n) is 9.22. The van der Waals surface area contributed by atoms with Crippen LogP contribution in [0.15, 0.2) is 54.6 Å². The molecule has 0 aliphatic heterocycles. The van der Waals surface area contributed by atoms with Crippen molar-refractivity contribution in [3.05, 3.63) is 71.3 Å². The fraction of sp³-hybridized carbons (Fsp3) is 0.273. The second kappa shape index (κ2) is 10.6. The molecule has 0 saturated heterocycles. The van der Waals surface area contributed by atoms with E-state index in [4.69, 9.17) is 5.73 Å². The van der Waals surface area contributed by atoms with Crippen molar-refractivity contribution in [2.45, 2.75) is 32.2 Å². The molecular weight excluding hydrogens is 388 g/mol. The number of ketones is 1. The normalized spacial score (nSPS) is 12.6. The van der Waals surface area contributed by atoms with Crippen LogP contribution in [0, 0.1) is 0 Å². The van der Waals surface area contributed by atoms with Crippen LogP contribution in [0.5, 0.6) is 0 Å². The number of carbonyl (C=O) groups is 4. The highest BCUT2D eigenvalue weighted by molar-refractivity contribution is 8.13. The molecule has 6 nitrogen and oxygen atoms in total. The van der Waals surface area contributed by atoms with E-state index in [-0.39, 0.29) is 23.2 Å². The number of nitrogens with two attached hydrogens (primary N) is 1. The summed E-state index contributed by atoms with van der Waals surface area (Å²) >= 11 is 1.08. The van der Waals surface area contributed by atoms with Crippen LogP contribution in [0.1, 0.15) is 47.7 Å². The SMILES string of the molecule is CC(=O)NC(CCSC(=O)C(C)c1cccc(C(=O)c2ccccc2)c1)C(N)=O. The van der Waals surface area contributed by atoms with E-state index in [0.29, 0.717) is 16.9 Å². The standard InChI is InChI=1S/C22H24N2O4S/c1-14(22(28)29-12-11-19(21(23)27)24-15(2)25)17-9-6-10-18(13-17)20(26)16-7-4-3-5-8-16/h3-10,13-14,19H,11-12H2,1-2H3,(H2,23,27)(H,24,25). The Hall–Kier alpha value is -2.93. The highest BCUT2D eigenvalue weighted by Crippen LogP contribution is 2.24. The zero-order valence-electron chi connectivity index (χ0n) is 16.4. The first kappa shape index (κ1) is 22.4. The molecule has 0 heterocycles. The maximum Gasteiger partial charge on any atom is 0.240 e. The number of primary amides is 1. The van der Waals surface area contributed by atoms with Crippen LogP contribution < -0.4 is 11.1 Å². The molecule has 0 bridgehead atoms. The predicted molar refractivity (Wildman–Crippen MR) is 114 cm³/mol. The van der Waals surface area contributed by atoms with Gasteiger partial charge in [0.05, 0.1) is 5.92 Å². The number of hydrogen-bond donors (Lipinski definition) is 2. The Morgan fingerprint density at radius 3 is 2.28 bits per heavy atom. The van der Waals surface area contributed by atoms with Gasteiger partial charge >= 0.3 is 0 Å². The van der Waals surface area contributed by atoms with Crippen LogP contribution in [0.3, 0.4) is 0 Å². The van der Waals surface area contributed by atoms with Gasteiger partial charge in [-0.05, 0) is 18.1 Å². The molecule has 29 heavy (non-hydrogen) atoms. The first-order chi connectivity index (χ1) is 13.8. The summed E-state index contributed by atoms with van der Waals surface area (Å²) in [6.45, 7) is 3.08. The van der Waals surface area contributed by atoms with Gasteiger partial charge in [0.25, 0.3) is 0 Å². The van der Waals surface area contributed by atoms with Crippen molar-refractivity contribution >= 4 is 34.5 Å². The van der Waals surface area contributed by atoms with Gasteiger partial charge in [0.1, 0.15) is 6.04 Å². The summed E-state index contributed by atoms with van der Waals surface area (Å²) in [5.74, 6) is -1.15. The molecule has 3 N–H and O–H groups in total. The van der Waals surface area contributed by atoms with Crippen LogP contribution in [0.4, 0.5) is 0 Å². The number of rotatable bonds is 9. The van der Waals surface area contributed by atoms with Crippen molar-refractivity contribution in [1.82, 2.24) is 5.32 Å². The summed E-state index contributed by atoms with van der Waals surface area (Å²) < 4.78 is 0. The van der Waals surface area contributed by atoms with Gasteiger partial charge in [-0.2, -0.15) is 0 Å². The molecule has 2 rings (SSSR count). The zero-order chi connectivity index (χ0) is 21.4. The minimum absolute atomic E-state index is 0.0830. The van der Waals surface area contributed by atoms with Crippen LogP contribution in [0.25, 0.3) is 0 Å². The van der Waals surface area contributed by atoms with E-state index in [0.717, 1.165) is 17.3 Å². The lowest BCUT2D eigenvalue weighted by molar-refractivity contribution is -0.126. The van der Waals surface area contributed by atoms with Crippen LogP contribution in [-0.2, 0) is 14.4 Å². The van der Waals surface area contributed by atoms with Crippen LogP contribution in [0.2, 0.25) is 0 Å². The highest BCUT2D eigenvalue weighted by Gasteiger charge is 2.20. The van der Waals surface area contributed by atoms with E-state index in [2.05, 4.69) is 5.32 Å². The Kier molecular flexibility index (Phi) is 8.15. The Labute approximate surface area is 174 Å². The molecule has 0 aliphatic rings. The lowest BCUT2D eigenvalue weighted by Gasteiger charge is -2.15. The molecule has 0 fully saturated rings. The van der Waals surface area contributed by atoms with Crippen molar-refractivity contribution in [1.29, 1.82) is 0 Å². The maximum atomic E-state index is 12.6. The van der Waals surface area contributed by atoms with Gasteiger partial charge in [-0.25, -0.2) is 0 Å². The average molecular weight is 413 g/mol. The van der Waals surface area contributed by atoms with E-state index in [1.54, 1.807) is 49.4 Å². The molecule has 0 radical (unpaired) electrons. The zero-order valence-corrected chi connectivity index (χ0v) is 17.2. The molecule has 152 valence electrons. The van der Waals surface area contributed by atoms with Crippen molar-refractivity contribution in [3.8, 4) is 0 Å². The van der Waals surface area contributed by atoms with E-state index in [1.165, 1.54) is 6.92 Å². The second-order valence-electron chi connectivity index (χ2n) is 6.65. The number of carbonyl (C=O) groups excluding carboxylic acids is 4. The third-order valence-corrected chi connectivity index (χ3v) is 5.49. The van der Waals surface area contributed by atoms with Gasteiger partial charge in [0, 0.05) is 23.8 Å². The highest BCUT2D eigenvalue weighted by atomic mass is 32.2. The van der Waals surface area contributed by atoms with E-state index < -0.39 is 17.9 Å². The summed E-state index contributed by atoms with van der Waals surface area (Å²) in [5, 5.41) is 2.39. The molecule has 2 aromatic carbocycles. The van der Waals surface area contributed by atoms with E-state index in [9.17, 15) is 19.2 Å². The van der Waals surface area contributed by atoms with Crippen molar-refractivity contribution in [2.24, 2.45) is 5.73 Å². The Bertz CT molecular complexity index is 899. The Balaban J connectivity index is 2.00. The number of hydrogen-bond acceptors (Lipinski definition) is 5. The fourth-order valence-electron chi connectivity index (χ4n) is 2.77. The topological polar surface area (TPSA) is 106 Å². The molecule has 0 aliphatic carbocycles. The molecule has 0 spiro atoms. The summed E-state index contributed by atoms with van der Waals surface area (Å²) in [6, 6.07) is 15.2. The van der Waals surface area contributed by atoms with Crippen molar-refractivity contribution in [3.63, 3.8) is 0 Å². The van der Waals surface area contributed by atoms with Gasteiger partial charge in [0.2, 0.25) is 11.8 Å². The number of nitrogens with one attached hydrogen (secondary N) is 1. The van der Waals surface area contributed by atoms with Crippen LogP contribution >= 0.6 is 11.8 Å². The Morgan fingerprint density at radius 1 is 1.00 bits per heavy atom. The van der Waals surface area contributed by atoms with Gasteiger partial charge in [-0.15, -0.1) is 0 Å². The smallest absolute Gasteiger partial charge is 0.240 e. The molecule has 2 aromatic rings. The molecule has 0 aromatic heterocycles. The number of thioether (sulfide) groups is 1. The summed E-state index contributed by atoms with van der Waals surface area (Å²) in [7, 11) is 0. The van der Waals surface area contributed by atoms with E-state index in [1.807, 2.05) is 12.1 Å². The molecule has 2 unspecified atom stereocenters. The second-order valence-corrected chi connectivity index (χ2v) is 7.75. The summed E-state index contributed by atoms with van der Waals surface area (Å²) in [5.41, 5.74) is 7.13. The lowest BCUT2D eigenvalue weighted by atomic mass is 9.96. The average Bonchev–Trinajstić information content (AvgIpc) is 2.72. The maximum absolute atomic E-state index is 12.6. The fourth-order valence-corrected chi connectivity index (χ4v) is 3.72. The monoisotopic (exact) mass is 412 g/mol. The van der Waals surface area contributed by atoms with E-state index >= 15 is 0 Å². The summed E-state index contributed by atoms with van der Waals surface area (Å²) in [6.07, 6.45) is 0.268. The van der Waals surface area contributed by atoms with Crippen LogP contribution in [-0.4, -0.2) is 34.5 Å². The molecule has 2 atom stereocenters. The van der Waals surface area contributed by atoms with Gasteiger partial charge < -0.3 is 11.1 Å². The lowest BCUT2D eigenvalue weighted by Crippen LogP contribution is -2.43. The minimum atomic E-state index is -0.796. The van der Waals surface area contributed by atoms with Gasteiger partial charge in [0.15, 0.2) is 10.9 Å². The third-order valence-electron chi connectivity index (χ3n) is 4.41. The summed E-state index contributed by atoms with van der Waals surface area (Å²) in [4.78, 5) is 47.6. The Morgan fingerprint density at radius 2 is 1.66 bits per heavy atom. The van der Waals surface area contributed by atoms with Gasteiger partial charge in [-0.1, -0.05) is 67.2 Å². The molecule has 0 saturated carbocycles.